The number of methoxy groups -OCH3 is 1. The van der Waals surface area contributed by atoms with Gasteiger partial charge in [-0.25, -0.2) is 0 Å². The number of rotatable bonds is 7. The molecular weight excluding hydrogens is 258 g/mol. The van der Waals surface area contributed by atoms with E-state index < -0.39 is 0 Å². The van der Waals surface area contributed by atoms with Crippen molar-refractivity contribution in [2.45, 2.75) is 19.3 Å². The SMILES string of the molecule is COc1ccsc1C(=O)N(C)CCCCCCl. The first-order valence-corrected chi connectivity index (χ1v) is 7.05. The van der Waals surface area contributed by atoms with Gasteiger partial charge in [0.1, 0.15) is 10.6 Å². The van der Waals surface area contributed by atoms with Crippen molar-refractivity contribution in [3.8, 4) is 5.75 Å². The van der Waals surface area contributed by atoms with Gasteiger partial charge >= 0.3 is 0 Å². The van der Waals surface area contributed by atoms with Gasteiger partial charge in [-0.05, 0) is 24.3 Å². The van der Waals surface area contributed by atoms with Crippen LogP contribution in [-0.2, 0) is 0 Å². The van der Waals surface area contributed by atoms with E-state index in [-0.39, 0.29) is 5.91 Å². The van der Waals surface area contributed by atoms with Crippen LogP contribution in [0.4, 0.5) is 0 Å². The number of carbonyl (C=O) groups is 1. The van der Waals surface area contributed by atoms with Crippen molar-refractivity contribution >= 4 is 28.8 Å². The van der Waals surface area contributed by atoms with Gasteiger partial charge in [0.15, 0.2) is 0 Å². The molecule has 0 saturated heterocycles. The third-order valence-electron chi connectivity index (χ3n) is 2.52. The lowest BCUT2D eigenvalue weighted by atomic mass is 10.2. The van der Waals surface area contributed by atoms with Crippen LogP contribution >= 0.6 is 22.9 Å². The molecule has 1 amide bonds. The Kier molecular flexibility index (Phi) is 6.37. The second-order valence-corrected chi connectivity index (χ2v) is 5.09. The van der Waals surface area contributed by atoms with Crippen LogP contribution in [0.5, 0.6) is 5.75 Å². The zero-order valence-corrected chi connectivity index (χ0v) is 11.8. The summed E-state index contributed by atoms with van der Waals surface area (Å²) in [5.41, 5.74) is 0. The third kappa shape index (κ3) is 4.21. The lowest BCUT2D eigenvalue weighted by molar-refractivity contribution is 0.0794. The Morgan fingerprint density at radius 3 is 2.88 bits per heavy atom. The number of hydrogen-bond acceptors (Lipinski definition) is 3. The molecule has 0 atom stereocenters. The minimum atomic E-state index is 0.0303. The molecule has 0 aliphatic rings. The number of halogens is 1. The monoisotopic (exact) mass is 275 g/mol. The summed E-state index contributed by atoms with van der Waals surface area (Å²) in [6.07, 6.45) is 3.05. The van der Waals surface area contributed by atoms with Gasteiger partial charge in [-0.2, -0.15) is 0 Å². The molecule has 0 N–H and O–H groups in total. The van der Waals surface area contributed by atoms with E-state index in [0.717, 1.165) is 25.8 Å². The average molecular weight is 276 g/mol. The van der Waals surface area contributed by atoms with Gasteiger partial charge in [-0.1, -0.05) is 6.42 Å². The molecule has 0 bridgehead atoms. The average Bonchev–Trinajstić information content (AvgIpc) is 2.81. The minimum Gasteiger partial charge on any atom is -0.495 e. The number of alkyl halides is 1. The van der Waals surface area contributed by atoms with Crippen LogP contribution in [0.3, 0.4) is 0 Å². The summed E-state index contributed by atoms with van der Waals surface area (Å²) in [6, 6.07) is 1.82. The van der Waals surface area contributed by atoms with Gasteiger partial charge in [0.25, 0.3) is 5.91 Å². The lowest BCUT2D eigenvalue weighted by Crippen LogP contribution is -2.27. The Morgan fingerprint density at radius 2 is 2.24 bits per heavy atom. The molecule has 5 heteroatoms. The van der Waals surface area contributed by atoms with Crippen molar-refractivity contribution in [1.29, 1.82) is 0 Å². The van der Waals surface area contributed by atoms with E-state index in [1.54, 1.807) is 12.0 Å². The molecule has 0 aliphatic carbocycles. The fourth-order valence-corrected chi connectivity index (χ4v) is 2.55. The largest absolute Gasteiger partial charge is 0.495 e. The molecule has 96 valence electrons. The quantitative estimate of drug-likeness (QED) is 0.565. The molecule has 17 heavy (non-hydrogen) atoms. The highest BCUT2D eigenvalue weighted by Gasteiger charge is 2.17. The maximum Gasteiger partial charge on any atom is 0.267 e. The van der Waals surface area contributed by atoms with Crippen LogP contribution in [0.15, 0.2) is 11.4 Å². The van der Waals surface area contributed by atoms with Crippen molar-refractivity contribution in [2.24, 2.45) is 0 Å². The molecule has 1 rings (SSSR count). The van der Waals surface area contributed by atoms with Gasteiger partial charge in [0, 0.05) is 19.5 Å². The van der Waals surface area contributed by atoms with Gasteiger partial charge in [-0.3, -0.25) is 4.79 Å². The molecule has 0 aliphatic heterocycles. The van der Waals surface area contributed by atoms with Gasteiger partial charge in [0.2, 0.25) is 0 Å². The Hall–Kier alpha value is -0.740. The molecule has 3 nitrogen and oxygen atoms in total. The standard InChI is InChI=1S/C12H18ClNO2S/c1-14(8-5-3-4-7-13)12(15)11-10(16-2)6-9-17-11/h6,9H,3-5,7-8H2,1-2H3. The van der Waals surface area contributed by atoms with Crippen molar-refractivity contribution in [1.82, 2.24) is 4.90 Å². The molecule has 1 heterocycles. The van der Waals surface area contributed by atoms with Crippen molar-refractivity contribution in [2.75, 3.05) is 26.6 Å². The first-order chi connectivity index (χ1) is 8.20. The first-order valence-electron chi connectivity index (χ1n) is 5.63. The molecule has 1 aromatic heterocycles. The zero-order chi connectivity index (χ0) is 12.7. The summed E-state index contributed by atoms with van der Waals surface area (Å²) in [6.45, 7) is 0.761. The Balaban J connectivity index is 2.46. The second-order valence-electron chi connectivity index (χ2n) is 3.79. The first kappa shape index (κ1) is 14.3. The van der Waals surface area contributed by atoms with Gasteiger partial charge in [-0.15, -0.1) is 22.9 Å². The third-order valence-corrected chi connectivity index (χ3v) is 3.67. The van der Waals surface area contributed by atoms with Crippen LogP contribution in [0.25, 0.3) is 0 Å². The van der Waals surface area contributed by atoms with Crippen molar-refractivity contribution in [3.05, 3.63) is 16.3 Å². The summed E-state index contributed by atoms with van der Waals surface area (Å²) in [5.74, 6) is 1.38. The van der Waals surface area contributed by atoms with E-state index in [2.05, 4.69) is 0 Å². The number of carbonyl (C=O) groups excluding carboxylic acids is 1. The van der Waals surface area contributed by atoms with Crippen molar-refractivity contribution < 1.29 is 9.53 Å². The normalized spacial score (nSPS) is 10.3. The molecule has 0 radical (unpaired) electrons. The summed E-state index contributed by atoms with van der Waals surface area (Å²) in [7, 11) is 3.40. The number of ether oxygens (including phenoxy) is 1. The van der Waals surface area contributed by atoms with Crippen LogP contribution in [0.2, 0.25) is 0 Å². The zero-order valence-electron chi connectivity index (χ0n) is 10.2. The molecule has 0 fully saturated rings. The van der Waals surface area contributed by atoms with E-state index in [0.29, 0.717) is 16.5 Å². The predicted octanol–water partition coefficient (Wildman–Crippen LogP) is 3.24. The highest BCUT2D eigenvalue weighted by atomic mass is 35.5. The number of hydrogen-bond donors (Lipinski definition) is 0. The van der Waals surface area contributed by atoms with E-state index in [1.165, 1.54) is 11.3 Å². The van der Waals surface area contributed by atoms with Crippen LogP contribution in [0.1, 0.15) is 28.9 Å². The summed E-state index contributed by atoms with van der Waals surface area (Å²) < 4.78 is 5.15. The fourth-order valence-electron chi connectivity index (χ4n) is 1.51. The van der Waals surface area contributed by atoms with E-state index in [1.807, 2.05) is 18.5 Å². The summed E-state index contributed by atoms with van der Waals surface area (Å²) >= 11 is 7.02. The van der Waals surface area contributed by atoms with Gasteiger partial charge in [0.05, 0.1) is 7.11 Å². The predicted molar refractivity (Wildman–Crippen MR) is 72.4 cm³/mol. The molecular formula is C12H18ClNO2S. The van der Waals surface area contributed by atoms with Crippen LogP contribution in [0, 0.1) is 0 Å². The lowest BCUT2D eigenvalue weighted by Gasteiger charge is -2.16. The Bertz CT molecular complexity index is 354. The molecule has 0 aromatic carbocycles. The van der Waals surface area contributed by atoms with Crippen molar-refractivity contribution in [3.63, 3.8) is 0 Å². The maximum atomic E-state index is 12.1. The number of amides is 1. The smallest absolute Gasteiger partial charge is 0.267 e. The topological polar surface area (TPSA) is 29.5 Å². The number of unbranched alkanes of at least 4 members (excludes halogenated alkanes) is 2. The van der Waals surface area contributed by atoms with Gasteiger partial charge < -0.3 is 9.64 Å². The minimum absolute atomic E-state index is 0.0303. The Labute approximate surface area is 111 Å². The molecule has 0 saturated carbocycles. The number of thiophene rings is 1. The van der Waals surface area contributed by atoms with Crippen LogP contribution < -0.4 is 4.74 Å². The molecule has 0 spiro atoms. The highest BCUT2D eigenvalue weighted by molar-refractivity contribution is 7.12. The Morgan fingerprint density at radius 1 is 1.47 bits per heavy atom. The fraction of sp³-hybridized carbons (Fsp3) is 0.583. The molecule has 0 unspecified atom stereocenters. The van der Waals surface area contributed by atoms with E-state index >= 15 is 0 Å². The second kappa shape index (κ2) is 7.56. The van der Waals surface area contributed by atoms with E-state index in [9.17, 15) is 4.79 Å². The maximum absolute atomic E-state index is 12.1. The summed E-state index contributed by atoms with van der Waals surface area (Å²) in [5, 5.41) is 1.87. The number of nitrogens with zero attached hydrogens (tertiary/aromatic N) is 1. The van der Waals surface area contributed by atoms with E-state index in [4.69, 9.17) is 16.3 Å². The van der Waals surface area contributed by atoms with Crippen LogP contribution in [-0.4, -0.2) is 37.4 Å². The molecule has 1 aromatic rings. The summed E-state index contributed by atoms with van der Waals surface area (Å²) in [4.78, 5) is 14.5. The highest BCUT2D eigenvalue weighted by Crippen LogP contribution is 2.25.